The molecular formula is C18H28N2. The van der Waals surface area contributed by atoms with Gasteiger partial charge < -0.3 is 9.80 Å². The van der Waals surface area contributed by atoms with Gasteiger partial charge in [-0.3, -0.25) is 0 Å². The van der Waals surface area contributed by atoms with Crippen molar-refractivity contribution in [3.05, 3.63) is 48.3 Å². The van der Waals surface area contributed by atoms with E-state index < -0.39 is 0 Å². The van der Waals surface area contributed by atoms with Crippen LogP contribution < -0.4 is 0 Å². The first-order chi connectivity index (χ1) is 9.85. The Morgan fingerprint density at radius 2 is 1.65 bits per heavy atom. The van der Waals surface area contributed by atoms with Gasteiger partial charge in [-0.15, -0.1) is 0 Å². The molecule has 2 nitrogen and oxygen atoms in total. The minimum atomic E-state index is 0.504. The third kappa shape index (κ3) is 4.03. The van der Waals surface area contributed by atoms with Gasteiger partial charge in [0.1, 0.15) is 6.17 Å². The molecule has 1 aromatic rings. The van der Waals surface area contributed by atoms with Crippen LogP contribution in [0.4, 0.5) is 0 Å². The van der Waals surface area contributed by atoms with E-state index in [1.807, 2.05) is 0 Å². The van der Waals surface area contributed by atoms with Gasteiger partial charge in [0.05, 0.1) is 0 Å². The fourth-order valence-corrected chi connectivity index (χ4v) is 2.88. The quantitative estimate of drug-likeness (QED) is 0.653. The first kappa shape index (κ1) is 15.0. The van der Waals surface area contributed by atoms with Crippen LogP contribution in [0.1, 0.15) is 45.1 Å². The lowest BCUT2D eigenvalue weighted by Crippen LogP contribution is -2.40. The summed E-state index contributed by atoms with van der Waals surface area (Å²) >= 11 is 0. The zero-order chi connectivity index (χ0) is 14.2. The van der Waals surface area contributed by atoms with E-state index in [0.717, 1.165) is 13.0 Å². The van der Waals surface area contributed by atoms with Crippen molar-refractivity contribution in [2.45, 2.75) is 52.1 Å². The van der Waals surface area contributed by atoms with Crippen LogP contribution in [0, 0.1) is 0 Å². The summed E-state index contributed by atoms with van der Waals surface area (Å²) < 4.78 is 0. The summed E-state index contributed by atoms with van der Waals surface area (Å²) in [5.41, 5.74) is 1.43. The summed E-state index contributed by atoms with van der Waals surface area (Å²) in [7, 11) is 0. The maximum atomic E-state index is 2.52. The number of nitrogens with zero attached hydrogens (tertiary/aromatic N) is 2. The molecule has 0 saturated heterocycles. The summed E-state index contributed by atoms with van der Waals surface area (Å²) in [6.45, 7) is 6.78. The molecule has 0 bridgehead atoms. The van der Waals surface area contributed by atoms with Crippen LogP contribution in [0.25, 0.3) is 0 Å². The van der Waals surface area contributed by atoms with Crippen molar-refractivity contribution in [1.82, 2.24) is 9.80 Å². The molecular weight excluding hydrogens is 244 g/mol. The smallest absolute Gasteiger partial charge is 0.105 e. The first-order valence-corrected chi connectivity index (χ1v) is 8.09. The fraction of sp³-hybridized carbons (Fsp3) is 0.556. The standard InChI is InChI=1S/C18H28N2/c1-3-5-6-10-13-20-15-14-19(4-2)18(20)16-17-11-8-7-9-12-17/h7-9,11-12,14-15,18H,3-6,10,13,16H2,1-2H3. The van der Waals surface area contributed by atoms with Crippen LogP contribution in [-0.2, 0) is 6.42 Å². The number of unbranched alkanes of at least 4 members (excludes halogenated alkanes) is 3. The van der Waals surface area contributed by atoms with E-state index in [-0.39, 0.29) is 0 Å². The van der Waals surface area contributed by atoms with E-state index in [0.29, 0.717) is 6.17 Å². The van der Waals surface area contributed by atoms with Crippen LogP contribution in [0.3, 0.4) is 0 Å². The topological polar surface area (TPSA) is 6.48 Å². The number of benzene rings is 1. The molecule has 1 aromatic carbocycles. The van der Waals surface area contributed by atoms with Gasteiger partial charge in [0.2, 0.25) is 0 Å². The maximum Gasteiger partial charge on any atom is 0.105 e. The van der Waals surface area contributed by atoms with E-state index in [1.54, 1.807) is 0 Å². The Hall–Kier alpha value is -1.44. The molecule has 0 fully saturated rings. The minimum absolute atomic E-state index is 0.504. The summed E-state index contributed by atoms with van der Waals surface area (Å²) in [4.78, 5) is 4.97. The Kier molecular flexibility index (Phi) is 5.97. The normalized spacial score (nSPS) is 18.0. The largest absolute Gasteiger partial charge is 0.356 e. The summed E-state index contributed by atoms with van der Waals surface area (Å²) in [6.07, 6.45) is 11.5. The summed E-state index contributed by atoms with van der Waals surface area (Å²) in [5.74, 6) is 0. The van der Waals surface area contributed by atoms with Gasteiger partial charge >= 0.3 is 0 Å². The molecule has 1 atom stereocenters. The van der Waals surface area contributed by atoms with E-state index in [2.05, 4.69) is 66.4 Å². The lowest BCUT2D eigenvalue weighted by atomic mass is 10.1. The Morgan fingerprint density at radius 1 is 0.900 bits per heavy atom. The van der Waals surface area contributed by atoms with Crippen LogP contribution in [0.5, 0.6) is 0 Å². The van der Waals surface area contributed by atoms with Gasteiger partial charge in [0, 0.05) is 31.9 Å². The Balaban J connectivity index is 1.91. The van der Waals surface area contributed by atoms with Crippen molar-refractivity contribution in [2.75, 3.05) is 13.1 Å². The Bertz CT molecular complexity index is 399. The summed E-state index contributed by atoms with van der Waals surface area (Å²) in [6, 6.07) is 10.8. The molecule has 0 aromatic heterocycles. The molecule has 0 radical (unpaired) electrons. The molecule has 0 saturated carbocycles. The molecule has 20 heavy (non-hydrogen) atoms. The SMILES string of the molecule is CCCCCCN1C=CN(CC)C1Cc1ccccc1. The highest BCUT2D eigenvalue weighted by Gasteiger charge is 2.24. The second-order valence-electron chi connectivity index (χ2n) is 5.60. The van der Waals surface area contributed by atoms with Crippen molar-refractivity contribution in [3.8, 4) is 0 Å². The molecule has 1 aliphatic heterocycles. The third-order valence-corrected chi connectivity index (χ3v) is 4.11. The van der Waals surface area contributed by atoms with Crippen LogP contribution >= 0.6 is 0 Å². The molecule has 1 aliphatic rings. The number of hydrogen-bond donors (Lipinski definition) is 0. The highest BCUT2D eigenvalue weighted by atomic mass is 15.4. The lowest BCUT2D eigenvalue weighted by Gasteiger charge is -2.32. The summed E-state index contributed by atoms with van der Waals surface area (Å²) in [5, 5.41) is 0. The zero-order valence-corrected chi connectivity index (χ0v) is 13.0. The molecule has 0 aliphatic carbocycles. The molecule has 0 amide bonds. The lowest BCUT2D eigenvalue weighted by molar-refractivity contribution is 0.155. The molecule has 1 heterocycles. The first-order valence-electron chi connectivity index (χ1n) is 8.09. The fourth-order valence-electron chi connectivity index (χ4n) is 2.88. The Morgan fingerprint density at radius 3 is 2.35 bits per heavy atom. The van der Waals surface area contributed by atoms with Crippen molar-refractivity contribution in [3.63, 3.8) is 0 Å². The minimum Gasteiger partial charge on any atom is -0.356 e. The highest BCUT2D eigenvalue weighted by Crippen LogP contribution is 2.20. The van der Waals surface area contributed by atoms with Gasteiger partial charge in [-0.05, 0) is 18.9 Å². The zero-order valence-electron chi connectivity index (χ0n) is 13.0. The molecule has 0 spiro atoms. The second kappa shape index (κ2) is 7.98. The van der Waals surface area contributed by atoms with Crippen LogP contribution in [0.2, 0.25) is 0 Å². The molecule has 110 valence electrons. The van der Waals surface area contributed by atoms with Gasteiger partial charge in [0.25, 0.3) is 0 Å². The molecule has 0 N–H and O–H groups in total. The Labute approximate surface area is 124 Å². The van der Waals surface area contributed by atoms with Crippen molar-refractivity contribution in [2.24, 2.45) is 0 Å². The van der Waals surface area contributed by atoms with Gasteiger partial charge in [-0.2, -0.15) is 0 Å². The molecule has 2 rings (SSSR count). The average molecular weight is 272 g/mol. The van der Waals surface area contributed by atoms with E-state index in [1.165, 1.54) is 37.8 Å². The predicted octanol–water partition coefficient (Wildman–Crippen LogP) is 4.24. The van der Waals surface area contributed by atoms with Gasteiger partial charge in [-0.1, -0.05) is 56.5 Å². The molecule has 1 unspecified atom stereocenters. The second-order valence-corrected chi connectivity index (χ2v) is 5.60. The predicted molar refractivity (Wildman–Crippen MR) is 86.3 cm³/mol. The van der Waals surface area contributed by atoms with Gasteiger partial charge in [-0.25, -0.2) is 0 Å². The van der Waals surface area contributed by atoms with E-state index in [4.69, 9.17) is 0 Å². The van der Waals surface area contributed by atoms with Gasteiger partial charge in [0.15, 0.2) is 0 Å². The number of hydrogen-bond acceptors (Lipinski definition) is 2. The highest BCUT2D eigenvalue weighted by molar-refractivity contribution is 5.17. The van der Waals surface area contributed by atoms with E-state index >= 15 is 0 Å². The van der Waals surface area contributed by atoms with Crippen molar-refractivity contribution >= 4 is 0 Å². The van der Waals surface area contributed by atoms with Crippen LogP contribution in [0.15, 0.2) is 42.7 Å². The number of likely N-dealkylation sites (N-methyl/N-ethyl adjacent to an activating group) is 1. The average Bonchev–Trinajstić information content (AvgIpc) is 2.87. The van der Waals surface area contributed by atoms with Crippen LogP contribution in [-0.4, -0.2) is 29.1 Å². The van der Waals surface area contributed by atoms with Crippen molar-refractivity contribution < 1.29 is 0 Å². The third-order valence-electron chi connectivity index (χ3n) is 4.11. The number of rotatable bonds is 8. The monoisotopic (exact) mass is 272 g/mol. The molecule has 2 heteroatoms. The maximum absolute atomic E-state index is 2.52. The van der Waals surface area contributed by atoms with E-state index in [9.17, 15) is 0 Å². The van der Waals surface area contributed by atoms with Crippen molar-refractivity contribution in [1.29, 1.82) is 0 Å².